The molecule has 0 saturated heterocycles. The van der Waals surface area contributed by atoms with Crippen molar-refractivity contribution in [2.45, 2.75) is 12.3 Å². The van der Waals surface area contributed by atoms with E-state index in [9.17, 15) is 22.4 Å². The Morgan fingerprint density at radius 1 is 1.22 bits per heavy atom. The Morgan fingerprint density at radius 2 is 1.72 bits per heavy atom. The molecule has 0 aliphatic carbocycles. The minimum absolute atomic E-state index is 0.0846. The van der Waals surface area contributed by atoms with Crippen LogP contribution >= 0.6 is 31.9 Å². The summed E-state index contributed by atoms with van der Waals surface area (Å²) in [5, 5.41) is 1.76. The number of amides is 1. The summed E-state index contributed by atoms with van der Waals surface area (Å²) in [6, 6.07) is 4.42. The standard InChI is InChI=1S/C10H7Br2F4NO/c11-6-1-5(2-7(12)3-6)8(18)17-4-10(15,16)9(13)14/h1-3,9H,4H2,(H,17,18). The van der Waals surface area contributed by atoms with E-state index in [0.29, 0.717) is 8.95 Å². The number of alkyl halides is 4. The Kier molecular flexibility index (Phi) is 5.15. The fourth-order valence-corrected chi connectivity index (χ4v) is 2.36. The molecule has 1 aromatic rings. The van der Waals surface area contributed by atoms with Crippen molar-refractivity contribution in [3.8, 4) is 0 Å². The summed E-state index contributed by atoms with van der Waals surface area (Å²) in [6.45, 7) is -1.41. The number of hydrogen-bond donors (Lipinski definition) is 1. The predicted molar refractivity (Wildman–Crippen MR) is 65.1 cm³/mol. The molecule has 0 aliphatic heterocycles. The van der Waals surface area contributed by atoms with Crippen molar-refractivity contribution in [2.75, 3.05) is 6.54 Å². The molecule has 100 valence electrons. The summed E-state index contributed by atoms with van der Waals surface area (Å²) in [4.78, 5) is 11.5. The number of halogens is 6. The zero-order valence-corrected chi connectivity index (χ0v) is 11.9. The number of hydrogen-bond acceptors (Lipinski definition) is 1. The average Bonchev–Trinajstić information content (AvgIpc) is 2.24. The smallest absolute Gasteiger partial charge is 0.324 e. The molecule has 0 atom stereocenters. The van der Waals surface area contributed by atoms with Gasteiger partial charge in [-0.2, -0.15) is 8.78 Å². The van der Waals surface area contributed by atoms with E-state index in [2.05, 4.69) is 31.9 Å². The van der Waals surface area contributed by atoms with E-state index in [1.807, 2.05) is 0 Å². The lowest BCUT2D eigenvalue weighted by Gasteiger charge is -2.15. The zero-order valence-electron chi connectivity index (χ0n) is 8.69. The lowest BCUT2D eigenvalue weighted by Crippen LogP contribution is -2.41. The maximum Gasteiger partial charge on any atom is 0.324 e. The lowest BCUT2D eigenvalue weighted by atomic mass is 10.2. The average molecular weight is 393 g/mol. The molecule has 0 spiro atoms. The molecule has 1 rings (SSSR count). The molecule has 1 aromatic carbocycles. The highest BCUT2D eigenvalue weighted by Gasteiger charge is 2.40. The van der Waals surface area contributed by atoms with E-state index in [0.717, 1.165) is 0 Å². The van der Waals surface area contributed by atoms with Gasteiger partial charge in [0.25, 0.3) is 5.91 Å². The van der Waals surface area contributed by atoms with Crippen LogP contribution in [0.15, 0.2) is 27.1 Å². The maximum absolute atomic E-state index is 12.6. The van der Waals surface area contributed by atoms with E-state index >= 15 is 0 Å². The normalized spacial score (nSPS) is 11.7. The van der Waals surface area contributed by atoms with Crippen LogP contribution in [0.2, 0.25) is 0 Å². The number of benzene rings is 1. The molecule has 0 fully saturated rings. The van der Waals surface area contributed by atoms with E-state index in [1.165, 1.54) is 12.1 Å². The van der Waals surface area contributed by atoms with E-state index < -0.39 is 24.8 Å². The Labute approximate surface area is 117 Å². The SMILES string of the molecule is O=C(NCC(F)(F)C(F)F)c1cc(Br)cc(Br)c1. The van der Waals surface area contributed by atoms with Crippen LogP contribution in [-0.2, 0) is 0 Å². The largest absolute Gasteiger partial charge is 0.346 e. The van der Waals surface area contributed by atoms with Gasteiger partial charge in [-0.15, -0.1) is 0 Å². The number of carbonyl (C=O) groups is 1. The highest BCUT2D eigenvalue weighted by Crippen LogP contribution is 2.23. The number of rotatable bonds is 4. The fourth-order valence-electron chi connectivity index (χ4n) is 1.06. The van der Waals surface area contributed by atoms with Gasteiger partial charge in [0, 0.05) is 14.5 Å². The molecule has 0 saturated carbocycles. The molecule has 0 heterocycles. The first kappa shape index (κ1) is 15.4. The van der Waals surface area contributed by atoms with E-state index in [-0.39, 0.29) is 5.56 Å². The third kappa shape index (κ3) is 4.24. The summed E-state index contributed by atoms with van der Waals surface area (Å²) >= 11 is 6.23. The summed E-state index contributed by atoms with van der Waals surface area (Å²) < 4.78 is 50.1. The predicted octanol–water partition coefficient (Wildman–Crippen LogP) is 3.84. The second kappa shape index (κ2) is 6.01. The van der Waals surface area contributed by atoms with Crippen molar-refractivity contribution in [2.24, 2.45) is 0 Å². The third-order valence-corrected chi connectivity index (χ3v) is 2.84. The lowest BCUT2D eigenvalue weighted by molar-refractivity contribution is -0.123. The maximum atomic E-state index is 12.6. The van der Waals surface area contributed by atoms with Crippen LogP contribution < -0.4 is 5.32 Å². The van der Waals surface area contributed by atoms with Crippen LogP contribution in [0.4, 0.5) is 17.6 Å². The summed E-state index contributed by atoms with van der Waals surface area (Å²) in [7, 11) is 0. The van der Waals surface area contributed by atoms with Gasteiger partial charge in [-0.25, -0.2) is 8.78 Å². The second-order valence-electron chi connectivity index (χ2n) is 3.40. The topological polar surface area (TPSA) is 29.1 Å². The molecule has 0 unspecified atom stereocenters. The van der Waals surface area contributed by atoms with Gasteiger partial charge in [-0.1, -0.05) is 31.9 Å². The van der Waals surface area contributed by atoms with E-state index in [1.54, 1.807) is 11.4 Å². The van der Waals surface area contributed by atoms with Gasteiger partial charge in [-0.05, 0) is 18.2 Å². The van der Waals surface area contributed by atoms with E-state index in [4.69, 9.17) is 0 Å². The first-order chi connectivity index (χ1) is 8.22. The molecule has 0 aromatic heterocycles. The van der Waals surface area contributed by atoms with Gasteiger partial charge in [0.2, 0.25) is 0 Å². The van der Waals surface area contributed by atoms with Crippen molar-refractivity contribution < 1.29 is 22.4 Å². The molecule has 1 N–H and O–H groups in total. The minimum Gasteiger partial charge on any atom is -0.346 e. The van der Waals surface area contributed by atoms with Crippen LogP contribution in [0.25, 0.3) is 0 Å². The highest BCUT2D eigenvalue weighted by atomic mass is 79.9. The van der Waals surface area contributed by atoms with Crippen LogP contribution in [0.5, 0.6) is 0 Å². The quantitative estimate of drug-likeness (QED) is 0.775. The Bertz CT molecular complexity index is 433. The fraction of sp³-hybridized carbons (Fsp3) is 0.300. The Morgan fingerprint density at radius 3 is 2.17 bits per heavy atom. The molecule has 8 heteroatoms. The van der Waals surface area contributed by atoms with Crippen LogP contribution in [-0.4, -0.2) is 24.8 Å². The van der Waals surface area contributed by atoms with Crippen LogP contribution in [0, 0.1) is 0 Å². The van der Waals surface area contributed by atoms with Gasteiger partial charge in [0.15, 0.2) is 0 Å². The van der Waals surface area contributed by atoms with Crippen LogP contribution in [0.3, 0.4) is 0 Å². The zero-order chi connectivity index (χ0) is 13.9. The second-order valence-corrected chi connectivity index (χ2v) is 5.23. The molecular formula is C10H7Br2F4NO. The number of nitrogens with one attached hydrogen (secondary N) is 1. The molecule has 0 bridgehead atoms. The molecule has 0 radical (unpaired) electrons. The van der Waals surface area contributed by atoms with Crippen molar-refractivity contribution in [3.05, 3.63) is 32.7 Å². The summed E-state index contributed by atoms with van der Waals surface area (Å²) in [5.41, 5.74) is 0.0846. The first-order valence-corrected chi connectivity index (χ1v) is 6.21. The molecule has 18 heavy (non-hydrogen) atoms. The van der Waals surface area contributed by atoms with Gasteiger partial charge in [0.1, 0.15) is 0 Å². The Hall–Kier alpha value is -0.630. The van der Waals surface area contributed by atoms with Crippen molar-refractivity contribution >= 4 is 37.8 Å². The first-order valence-electron chi connectivity index (χ1n) is 4.62. The summed E-state index contributed by atoms with van der Waals surface area (Å²) in [6.07, 6.45) is -3.81. The van der Waals surface area contributed by atoms with Crippen molar-refractivity contribution in [1.82, 2.24) is 5.32 Å². The molecular weight excluding hydrogens is 386 g/mol. The van der Waals surface area contributed by atoms with Gasteiger partial charge in [0.05, 0.1) is 6.54 Å². The molecule has 0 aliphatic rings. The highest BCUT2D eigenvalue weighted by molar-refractivity contribution is 9.11. The van der Waals surface area contributed by atoms with Crippen molar-refractivity contribution in [1.29, 1.82) is 0 Å². The monoisotopic (exact) mass is 391 g/mol. The minimum atomic E-state index is -4.24. The van der Waals surface area contributed by atoms with Gasteiger partial charge < -0.3 is 5.32 Å². The third-order valence-electron chi connectivity index (χ3n) is 1.93. The molecule has 2 nitrogen and oxygen atoms in total. The summed E-state index contributed by atoms with van der Waals surface area (Å²) in [5.74, 6) is -5.09. The van der Waals surface area contributed by atoms with Crippen LogP contribution in [0.1, 0.15) is 10.4 Å². The van der Waals surface area contributed by atoms with Gasteiger partial charge in [-0.3, -0.25) is 4.79 Å². The number of carbonyl (C=O) groups excluding carboxylic acids is 1. The Balaban J connectivity index is 2.72. The van der Waals surface area contributed by atoms with Gasteiger partial charge >= 0.3 is 12.3 Å². The van der Waals surface area contributed by atoms with Crippen molar-refractivity contribution in [3.63, 3.8) is 0 Å². The molecule has 1 amide bonds.